The molecule has 0 N–H and O–H groups in total. The summed E-state index contributed by atoms with van der Waals surface area (Å²) < 4.78 is 0. The van der Waals surface area contributed by atoms with E-state index in [1.165, 1.54) is 11.1 Å². The van der Waals surface area contributed by atoms with Crippen molar-refractivity contribution in [2.24, 2.45) is 0 Å². The molecule has 0 spiro atoms. The molecule has 0 amide bonds. The summed E-state index contributed by atoms with van der Waals surface area (Å²) in [5, 5.41) is 0. The van der Waals surface area contributed by atoms with Gasteiger partial charge in [-0.2, -0.15) is 0 Å². The Bertz CT molecular complexity index is 972. The molecule has 0 aliphatic carbocycles. The van der Waals surface area contributed by atoms with Crippen LogP contribution in [0.3, 0.4) is 0 Å². The normalized spacial score (nSPS) is 9.11. The second kappa shape index (κ2) is 22.2. The molecule has 0 aromatic heterocycles. The van der Waals surface area contributed by atoms with Gasteiger partial charge in [-0.25, -0.2) is 0 Å². The number of rotatable bonds is 5. The number of hydrogen-bond acceptors (Lipinski definition) is 1. The maximum Gasteiger partial charge on any atom is 0.0462 e. The Hall–Kier alpha value is -3.29. The molecule has 0 aliphatic rings. The molecule has 0 heterocycles. The minimum absolute atomic E-state index is 0.722. The maximum absolute atomic E-state index is 5.00. The van der Waals surface area contributed by atoms with Crippen LogP contribution in [0.4, 0.5) is 17.1 Å². The van der Waals surface area contributed by atoms with E-state index in [1.807, 2.05) is 66.7 Å². The van der Waals surface area contributed by atoms with E-state index in [1.54, 1.807) is 0 Å². The van der Waals surface area contributed by atoms with E-state index in [0.29, 0.717) is 0 Å². The number of halogens is 1. The predicted molar refractivity (Wildman–Crippen MR) is 167 cm³/mol. The van der Waals surface area contributed by atoms with Crippen LogP contribution in [0.2, 0.25) is 0 Å². The Kier molecular flexibility index (Phi) is 20.2. The highest BCUT2D eigenvalue weighted by Gasteiger charge is 2.11. The van der Waals surface area contributed by atoms with Crippen molar-refractivity contribution in [3.63, 3.8) is 0 Å². The molecule has 0 saturated heterocycles. The summed E-state index contributed by atoms with van der Waals surface area (Å²) in [6.07, 6.45) is 4.29. The van der Waals surface area contributed by atoms with E-state index >= 15 is 0 Å². The SMILES string of the molecule is C(=Cc1ccc(N(c2ccccc2)c2ccccc2)cc1)c1ccccc1.CC.CC.CC.CCCl. The second-order valence-corrected chi connectivity index (χ2v) is 7.14. The summed E-state index contributed by atoms with van der Waals surface area (Å²) in [6, 6.07) is 39.9. The van der Waals surface area contributed by atoms with Crippen molar-refractivity contribution in [2.45, 2.75) is 48.5 Å². The van der Waals surface area contributed by atoms with Gasteiger partial charge in [-0.1, -0.05) is 139 Å². The molecule has 36 heavy (non-hydrogen) atoms. The quantitative estimate of drug-likeness (QED) is 0.194. The number of hydrogen-bond donors (Lipinski definition) is 0. The second-order valence-electron chi connectivity index (χ2n) is 6.61. The molecular weight excluding hydrogens is 458 g/mol. The van der Waals surface area contributed by atoms with Gasteiger partial charge >= 0.3 is 0 Å². The van der Waals surface area contributed by atoms with Crippen LogP contribution in [0, 0.1) is 0 Å². The molecule has 0 aliphatic heterocycles. The Morgan fingerprint density at radius 1 is 0.472 bits per heavy atom. The minimum atomic E-state index is 0.722. The largest absolute Gasteiger partial charge is 0.311 e. The molecule has 192 valence electrons. The minimum Gasteiger partial charge on any atom is -0.311 e. The predicted octanol–water partition coefficient (Wildman–Crippen LogP) is 11.7. The lowest BCUT2D eigenvalue weighted by Gasteiger charge is -2.25. The van der Waals surface area contributed by atoms with Crippen LogP contribution in [0.5, 0.6) is 0 Å². The van der Waals surface area contributed by atoms with Crippen molar-refractivity contribution < 1.29 is 0 Å². The van der Waals surface area contributed by atoms with Gasteiger partial charge in [0.15, 0.2) is 0 Å². The molecule has 0 fully saturated rings. The Balaban J connectivity index is 0.00000122. The zero-order valence-corrected chi connectivity index (χ0v) is 23.9. The van der Waals surface area contributed by atoms with Crippen LogP contribution < -0.4 is 4.90 Å². The standard InChI is InChI=1S/C26H21N.C2H5Cl.3C2H6/c1-4-10-22(11-5-1)16-17-23-18-20-26(21-19-23)27(24-12-6-2-7-13-24)25-14-8-3-9-15-25;1-2-3;3*1-2/h1-21H;2H2,1H3;3*1-2H3. The lowest BCUT2D eigenvalue weighted by atomic mass is 10.1. The van der Waals surface area contributed by atoms with Gasteiger partial charge in [0.05, 0.1) is 0 Å². The molecular formula is C34H44ClN. The zero-order chi connectivity index (χ0) is 27.0. The Labute approximate surface area is 226 Å². The summed E-state index contributed by atoms with van der Waals surface area (Å²) in [7, 11) is 0. The number of nitrogens with zero attached hydrogens (tertiary/aromatic N) is 1. The average Bonchev–Trinajstić information content (AvgIpc) is 2.98. The van der Waals surface area contributed by atoms with Crippen LogP contribution in [0.1, 0.15) is 59.6 Å². The third-order valence-electron chi connectivity index (χ3n) is 4.45. The van der Waals surface area contributed by atoms with E-state index in [4.69, 9.17) is 11.6 Å². The molecule has 4 rings (SSSR count). The van der Waals surface area contributed by atoms with Gasteiger partial charge in [-0.05, 0) is 47.5 Å². The van der Waals surface area contributed by atoms with Crippen LogP contribution in [0.25, 0.3) is 12.2 Å². The fourth-order valence-corrected chi connectivity index (χ4v) is 3.09. The van der Waals surface area contributed by atoms with Gasteiger partial charge in [0.1, 0.15) is 0 Å². The van der Waals surface area contributed by atoms with Crippen molar-refractivity contribution >= 4 is 40.8 Å². The summed E-state index contributed by atoms with van der Waals surface area (Å²) in [5.74, 6) is 0.722. The molecule has 4 aromatic rings. The highest BCUT2D eigenvalue weighted by Crippen LogP contribution is 2.34. The number of para-hydroxylation sites is 2. The van der Waals surface area contributed by atoms with E-state index in [2.05, 4.69) is 114 Å². The molecule has 2 heteroatoms. The van der Waals surface area contributed by atoms with E-state index in [9.17, 15) is 0 Å². The first-order valence-electron chi connectivity index (χ1n) is 13.1. The summed E-state index contributed by atoms with van der Waals surface area (Å²) in [4.78, 5) is 2.27. The third kappa shape index (κ3) is 11.9. The van der Waals surface area contributed by atoms with Gasteiger partial charge < -0.3 is 4.90 Å². The van der Waals surface area contributed by atoms with Crippen molar-refractivity contribution in [1.29, 1.82) is 0 Å². The fraction of sp³-hybridized carbons (Fsp3) is 0.235. The first-order valence-corrected chi connectivity index (χ1v) is 13.6. The molecule has 0 saturated carbocycles. The van der Waals surface area contributed by atoms with Gasteiger partial charge in [0, 0.05) is 22.9 Å². The van der Waals surface area contributed by atoms with E-state index < -0.39 is 0 Å². The topological polar surface area (TPSA) is 3.24 Å². The van der Waals surface area contributed by atoms with Crippen molar-refractivity contribution in [2.75, 3.05) is 10.8 Å². The fourth-order valence-electron chi connectivity index (χ4n) is 3.09. The van der Waals surface area contributed by atoms with Crippen LogP contribution in [-0.4, -0.2) is 5.88 Å². The first-order chi connectivity index (χ1) is 17.8. The molecule has 0 unspecified atom stereocenters. The van der Waals surface area contributed by atoms with Crippen LogP contribution in [-0.2, 0) is 0 Å². The van der Waals surface area contributed by atoms with E-state index in [-0.39, 0.29) is 0 Å². The molecule has 4 aromatic carbocycles. The summed E-state index contributed by atoms with van der Waals surface area (Å²) in [6.45, 7) is 13.9. The van der Waals surface area contributed by atoms with Gasteiger partial charge in [-0.15, -0.1) is 11.6 Å². The molecule has 0 radical (unpaired) electrons. The maximum atomic E-state index is 5.00. The van der Waals surface area contributed by atoms with Crippen LogP contribution in [0.15, 0.2) is 115 Å². The summed E-state index contributed by atoms with van der Waals surface area (Å²) >= 11 is 5.00. The van der Waals surface area contributed by atoms with Gasteiger partial charge in [-0.3, -0.25) is 0 Å². The Morgan fingerprint density at radius 2 is 0.750 bits per heavy atom. The summed E-state index contributed by atoms with van der Waals surface area (Å²) in [5.41, 5.74) is 5.83. The van der Waals surface area contributed by atoms with Crippen molar-refractivity contribution in [3.8, 4) is 0 Å². The Morgan fingerprint density at radius 3 is 1.11 bits per heavy atom. The zero-order valence-electron chi connectivity index (χ0n) is 23.2. The lowest BCUT2D eigenvalue weighted by molar-refractivity contribution is 1.28. The highest BCUT2D eigenvalue weighted by atomic mass is 35.5. The van der Waals surface area contributed by atoms with Crippen molar-refractivity contribution in [3.05, 3.63) is 126 Å². The number of benzene rings is 4. The molecule has 0 atom stereocenters. The number of alkyl halides is 1. The van der Waals surface area contributed by atoms with Crippen LogP contribution >= 0.6 is 11.6 Å². The smallest absolute Gasteiger partial charge is 0.0462 e. The molecule has 1 nitrogen and oxygen atoms in total. The van der Waals surface area contributed by atoms with Crippen molar-refractivity contribution in [1.82, 2.24) is 0 Å². The monoisotopic (exact) mass is 501 g/mol. The first kappa shape index (κ1) is 32.7. The van der Waals surface area contributed by atoms with Gasteiger partial charge in [0.25, 0.3) is 0 Å². The van der Waals surface area contributed by atoms with Gasteiger partial charge in [0.2, 0.25) is 0 Å². The molecule has 0 bridgehead atoms. The third-order valence-corrected chi connectivity index (χ3v) is 4.45. The number of anilines is 3. The average molecular weight is 502 g/mol. The van der Waals surface area contributed by atoms with E-state index in [0.717, 1.165) is 22.9 Å². The highest BCUT2D eigenvalue weighted by molar-refractivity contribution is 6.17. The lowest BCUT2D eigenvalue weighted by Crippen LogP contribution is -2.09.